The third kappa shape index (κ3) is 6.54. The van der Waals surface area contributed by atoms with E-state index in [4.69, 9.17) is 23.2 Å². The third-order valence-electron chi connectivity index (χ3n) is 3.22. The minimum atomic E-state index is -0.480. The summed E-state index contributed by atoms with van der Waals surface area (Å²) in [6.07, 6.45) is 1.07. The molecule has 140 valence electrons. The number of benzene rings is 1. The van der Waals surface area contributed by atoms with Crippen LogP contribution in [-0.2, 0) is 10.5 Å². The number of carbonyl (C=O) groups is 1. The molecule has 0 saturated carbocycles. The highest BCUT2D eigenvalue weighted by Crippen LogP contribution is 2.27. The zero-order valence-corrected chi connectivity index (χ0v) is 17.5. The van der Waals surface area contributed by atoms with E-state index in [1.165, 1.54) is 17.8 Å². The molecule has 2 rings (SSSR count). The van der Waals surface area contributed by atoms with Crippen molar-refractivity contribution in [1.82, 2.24) is 9.97 Å². The standard InChI is InChI=1S/C17H19Cl2N3O2S2/c1-3-6-25-9-12-8-15(23)22-17(20-12)26-10(2)16(24)21-14-7-11(18)4-5-13(14)19/h4-5,7-8,10H,3,6,9H2,1-2H3,(H,21,24)(H,20,22,23). The summed E-state index contributed by atoms with van der Waals surface area (Å²) in [7, 11) is 0. The molecular formula is C17H19Cl2N3O2S2. The van der Waals surface area contributed by atoms with E-state index in [1.807, 2.05) is 0 Å². The molecule has 1 heterocycles. The Kier molecular flexibility index (Phi) is 8.34. The van der Waals surface area contributed by atoms with Crippen LogP contribution in [0.2, 0.25) is 10.0 Å². The van der Waals surface area contributed by atoms with Crippen molar-refractivity contribution < 1.29 is 4.79 Å². The lowest BCUT2D eigenvalue weighted by atomic mass is 10.3. The SMILES string of the molecule is CCCSCc1cc(=O)[nH]c(SC(C)C(=O)Nc2cc(Cl)ccc2Cl)n1. The predicted molar refractivity (Wildman–Crippen MR) is 112 cm³/mol. The van der Waals surface area contributed by atoms with Gasteiger partial charge in [-0.2, -0.15) is 11.8 Å². The van der Waals surface area contributed by atoms with Gasteiger partial charge in [0.25, 0.3) is 5.56 Å². The highest BCUT2D eigenvalue weighted by molar-refractivity contribution is 8.00. The van der Waals surface area contributed by atoms with Gasteiger partial charge in [0.05, 0.1) is 21.7 Å². The van der Waals surface area contributed by atoms with Crippen molar-refractivity contribution in [3.05, 3.63) is 50.4 Å². The highest BCUT2D eigenvalue weighted by atomic mass is 35.5. The van der Waals surface area contributed by atoms with Crippen LogP contribution in [-0.4, -0.2) is 26.9 Å². The second-order valence-corrected chi connectivity index (χ2v) is 8.75. The maximum atomic E-state index is 12.4. The van der Waals surface area contributed by atoms with Gasteiger partial charge in [0.15, 0.2) is 5.16 Å². The molecule has 2 N–H and O–H groups in total. The molecule has 1 amide bonds. The number of nitrogens with one attached hydrogen (secondary N) is 2. The fraction of sp³-hybridized carbons (Fsp3) is 0.353. The van der Waals surface area contributed by atoms with Crippen molar-refractivity contribution in [3.8, 4) is 0 Å². The molecule has 0 aliphatic carbocycles. The van der Waals surface area contributed by atoms with E-state index in [9.17, 15) is 9.59 Å². The molecule has 0 spiro atoms. The monoisotopic (exact) mass is 431 g/mol. The number of aromatic amines is 1. The lowest BCUT2D eigenvalue weighted by Crippen LogP contribution is -2.23. The van der Waals surface area contributed by atoms with Crippen LogP contribution in [0.4, 0.5) is 5.69 Å². The van der Waals surface area contributed by atoms with Crippen LogP contribution in [0, 0.1) is 0 Å². The smallest absolute Gasteiger partial charge is 0.251 e. The van der Waals surface area contributed by atoms with Crippen molar-refractivity contribution in [3.63, 3.8) is 0 Å². The number of amides is 1. The van der Waals surface area contributed by atoms with Crippen molar-refractivity contribution in [2.45, 2.75) is 36.4 Å². The summed E-state index contributed by atoms with van der Waals surface area (Å²) in [6, 6.07) is 6.34. The number of carbonyl (C=O) groups excluding carboxylic acids is 1. The summed E-state index contributed by atoms with van der Waals surface area (Å²) >= 11 is 14.9. The van der Waals surface area contributed by atoms with Gasteiger partial charge in [0.2, 0.25) is 5.91 Å². The number of anilines is 1. The van der Waals surface area contributed by atoms with Gasteiger partial charge < -0.3 is 10.3 Å². The quantitative estimate of drug-likeness (QED) is 0.355. The van der Waals surface area contributed by atoms with Crippen molar-refractivity contribution in [1.29, 1.82) is 0 Å². The summed E-state index contributed by atoms with van der Waals surface area (Å²) in [4.78, 5) is 31.3. The Morgan fingerprint density at radius 2 is 2.12 bits per heavy atom. The largest absolute Gasteiger partial charge is 0.324 e. The van der Waals surface area contributed by atoms with E-state index in [2.05, 4.69) is 22.2 Å². The van der Waals surface area contributed by atoms with Gasteiger partial charge in [-0.15, -0.1) is 0 Å². The summed E-state index contributed by atoms with van der Waals surface area (Å²) < 4.78 is 0. The number of halogens is 2. The number of aromatic nitrogens is 2. The van der Waals surface area contributed by atoms with Crippen LogP contribution in [0.25, 0.3) is 0 Å². The summed E-state index contributed by atoms with van der Waals surface area (Å²) in [5.74, 6) is 1.42. The minimum absolute atomic E-state index is 0.222. The Morgan fingerprint density at radius 3 is 2.85 bits per heavy atom. The average molecular weight is 432 g/mol. The summed E-state index contributed by atoms with van der Waals surface area (Å²) in [6.45, 7) is 3.84. The molecule has 0 fully saturated rings. The molecule has 0 aliphatic rings. The van der Waals surface area contributed by atoms with Gasteiger partial charge in [-0.05, 0) is 37.3 Å². The predicted octanol–water partition coefficient (Wildman–Crippen LogP) is 4.84. The van der Waals surface area contributed by atoms with Gasteiger partial charge in [-0.3, -0.25) is 9.59 Å². The lowest BCUT2D eigenvalue weighted by molar-refractivity contribution is -0.115. The van der Waals surface area contributed by atoms with Gasteiger partial charge in [-0.1, -0.05) is 41.9 Å². The number of rotatable bonds is 8. The number of thioether (sulfide) groups is 2. The molecule has 2 aromatic rings. The van der Waals surface area contributed by atoms with Crippen LogP contribution in [0.15, 0.2) is 34.2 Å². The molecule has 0 radical (unpaired) electrons. The second-order valence-electron chi connectivity index (χ2n) is 5.47. The Hall–Kier alpha value is -1.15. The first-order valence-corrected chi connectivity index (χ1v) is 10.8. The van der Waals surface area contributed by atoms with E-state index in [1.54, 1.807) is 36.9 Å². The Bertz CT molecular complexity index is 830. The first-order chi connectivity index (χ1) is 12.4. The Labute approximate surface area is 170 Å². The third-order valence-corrected chi connectivity index (χ3v) is 5.96. The van der Waals surface area contributed by atoms with Crippen molar-refractivity contribution in [2.24, 2.45) is 0 Å². The Balaban J connectivity index is 2.04. The molecule has 1 atom stereocenters. The van der Waals surface area contributed by atoms with Crippen LogP contribution in [0.3, 0.4) is 0 Å². The van der Waals surface area contributed by atoms with Crippen LogP contribution >= 0.6 is 46.7 Å². The molecule has 0 bridgehead atoms. The zero-order chi connectivity index (χ0) is 19.1. The fourth-order valence-corrected chi connectivity index (χ4v) is 3.94. The number of hydrogen-bond acceptors (Lipinski definition) is 5. The molecule has 0 saturated heterocycles. The number of hydrogen-bond donors (Lipinski definition) is 2. The average Bonchev–Trinajstić information content (AvgIpc) is 2.58. The van der Waals surface area contributed by atoms with Crippen molar-refractivity contribution in [2.75, 3.05) is 11.1 Å². The molecule has 1 aromatic heterocycles. The van der Waals surface area contributed by atoms with E-state index in [-0.39, 0.29) is 11.5 Å². The maximum absolute atomic E-state index is 12.4. The van der Waals surface area contributed by atoms with E-state index in [0.717, 1.165) is 12.2 Å². The molecule has 9 heteroatoms. The van der Waals surface area contributed by atoms with E-state index in [0.29, 0.717) is 32.3 Å². The fourth-order valence-electron chi connectivity index (χ4n) is 1.98. The molecule has 26 heavy (non-hydrogen) atoms. The topological polar surface area (TPSA) is 74.8 Å². The highest BCUT2D eigenvalue weighted by Gasteiger charge is 2.17. The summed E-state index contributed by atoms with van der Waals surface area (Å²) in [5.41, 5.74) is 0.933. The van der Waals surface area contributed by atoms with Gasteiger partial charge in [0, 0.05) is 16.8 Å². The second kappa shape index (κ2) is 10.3. The van der Waals surface area contributed by atoms with Crippen molar-refractivity contribution >= 4 is 58.3 Å². The van der Waals surface area contributed by atoms with Gasteiger partial charge in [0.1, 0.15) is 0 Å². The molecular weight excluding hydrogens is 413 g/mol. The van der Waals surface area contributed by atoms with E-state index >= 15 is 0 Å². The lowest BCUT2D eigenvalue weighted by Gasteiger charge is -2.13. The minimum Gasteiger partial charge on any atom is -0.324 e. The molecule has 5 nitrogen and oxygen atoms in total. The molecule has 1 aromatic carbocycles. The number of nitrogens with zero attached hydrogens (tertiary/aromatic N) is 1. The van der Waals surface area contributed by atoms with Crippen LogP contribution in [0.5, 0.6) is 0 Å². The van der Waals surface area contributed by atoms with E-state index < -0.39 is 5.25 Å². The molecule has 1 unspecified atom stereocenters. The van der Waals surface area contributed by atoms with Crippen LogP contribution in [0.1, 0.15) is 26.0 Å². The first-order valence-electron chi connectivity index (χ1n) is 7.99. The van der Waals surface area contributed by atoms with Gasteiger partial charge >= 0.3 is 0 Å². The number of H-pyrrole nitrogens is 1. The van der Waals surface area contributed by atoms with Crippen LogP contribution < -0.4 is 10.9 Å². The Morgan fingerprint density at radius 1 is 1.35 bits per heavy atom. The first kappa shape index (κ1) is 21.2. The zero-order valence-electron chi connectivity index (χ0n) is 14.3. The summed E-state index contributed by atoms with van der Waals surface area (Å²) in [5, 5.41) is 3.57. The molecule has 0 aliphatic heterocycles. The normalized spacial score (nSPS) is 12.0. The maximum Gasteiger partial charge on any atom is 0.251 e. The van der Waals surface area contributed by atoms with Gasteiger partial charge in [-0.25, -0.2) is 4.98 Å².